The van der Waals surface area contributed by atoms with E-state index in [2.05, 4.69) is 0 Å². The van der Waals surface area contributed by atoms with E-state index < -0.39 is 15.7 Å². The molecule has 0 amide bonds. The Bertz CT molecular complexity index is 410. The number of halogens is 1. The van der Waals surface area contributed by atoms with Gasteiger partial charge in [0.25, 0.3) is 0 Å². The summed E-state index contributed by atoms with van der Waals surface area (Å²) in [6, 6.07) is 4.54. The van der Waals surface area contributed by atoms with Gasteiger partial charge in [-0.3, -0.25) is 0 Å². The molecule has 72 valence electrons. The van der Waals surface area contributed by atoms with Crippen LogP contribution in [0.25, 0.3) is 0 Å². The van der Waals surface area contributed by atoms with Crippen molar-refractivity contribution in [3.05, 3.63) is 35.1 Å². The highest BCUT2D eigenvalue weighted by Crippen LogP contribution is 2.12. The summed E-state index contributed by atoms with van der Waals surface area (Å²) in [5, 5.41) is 0. The van der Waals surface area contributed by atoms with Crippen LogP contribution in [-0.4, -0.2) is 14.7 Å². The molecule has 1 aromatic carbocycles. The largest absolute Gasteiger partial charge is 0.229 e. The minimum absolute atomic E-state index is 0.230. The SMILES string of the molecule is Cc1ccc(CS(C)(=O)=O)c(F)c1. The third-order valence-corrected chi connectivity index (χ3v) is 2.46. The van der Waals surface area contributed by atoms with Gasteiger partial charge in [-0.2, -0.15) is 0 Å². The zero-order valence-corrected chi connectivity index (χ0v) is 8.36. The lowest BCUT2D eigenvalue weighted by atomic mass is 10.2. The Morgan fingerprint density at radius 1 is 1.38 bits per heavy atom. The van der Waals surface area contributed by atoms with E-state index in [-0.39, 0.29) is 11.3 Å². The van der Waals surface area contributed by atoms with Crippen LogP contribution >= 0.6 is 0 Å². The average molecular weight is 202 g/mol. The number of hydrogen-bond donors (Lipinski definition) is 0. The summed E-state index contributed by atoms with van der Waals surface area (Å²) in [5.41, 5.74) is 1.02. The first kappa shape index (κ1) is 10.2. The molecule has 0 aromatic heterocycles. The maximum atomic E-state index is 13.1. The quantitative estimate of drug-likeness (QED) is 0.731. The van der Waals surface area contributed by atoms with Crippen molar-refractivity contribution in [2.24, 2.45) is 0 Å². The summed E-state index contributed by atoms with van der Waals surface area (Å²) in [6.07, 6.45) is 1.09. The topological polar surface area (TPSA) is 34.1 Å². The molecule has 0 aliphatic heterocycles. The molecule has 0 aliphatic carbocycles. The van der Waals surface area contributed by atoms with Gasteiger partial charge in [-0.25, -0.2) is 12.8 Å². The lowest BCUT2D eigenvalue weighted by Crippen LogP contribution is -2.02. The van der Waals surface area contributed by atoms with Crippen molar-refractivity contribution in [3.8, 4) is 0 Å². The molecule has 0 atom stereocenters. The van der Waals surface area contributed by atoms with Crippen LogP contribution in [0.5, 0.6) is 0 Å². The van der Waals surface area contributed by atoms with E-state index in [1.54, 1.807) is 13.0 Å². The van der Waals surface area contributed by atoms with Crippen LogP contribution in [0.4, 0.5) is 4.39 Å². The Morgan fingerprint density at radius 3 is 2.46 bits per heavy atom. The first-order chi connectivity index (χ1) is 5.88. The first-order valence-corrected chi connectivity index (χ1v) is 5.87. The number of rotatable bonds is 2. The predicted octanol–water partition coefficient (Wildman–Crippen LogP) is 1.68. The highest BCUT2D eigenvalue weighted by Gasteiger charge is 2.08. The molecule has 0 spiro atoms. The molecule has 0 heterocycles. The second kappa shape index (κ2) is 3.46. The average Bonchev–Trinajstić information content (AvgIpc) is 1.93. The van der Waals surface area contributed by atoms with Gasteiger partial charge in [-0.15, -0.1) is 0 Å². The molecule has 0 aliphatic rings. The Morgan fingerprint density at radius 2 is 2.00 bits per heavy atom. The van der Waals surface area contributed by atoms with Crippen molar-refractivity contribution in [1.29, 1.82) is 0 Å². The van der Waals surface area contributed by atoms with Gasteiger partial charge in [0, 0.05) is 11.8 Å². The van der Waals surface area contributed by atoms with E-state index in [9.17, 15) is 12.8 Å². The van der Waals surface area contributed by atoms with Crippen LogP contribution in [0.15, 0.2) is 18.2 Å². The Kier molecular flexibility index (Phi) is 2.71. The molecular formula is C9H11FO2S. The van der Waals surface area contributed by atoms with Gasteiger partial charge in [0.15, 0.2) is 9.84 Å². The summed E-state index contributed by atoms with van der Waals surface area (Å²) in [6.45, 7) is 1.76. The van der Waals surface area contributed by atoms with Crippen molar-refractivity contribution < 1.29 is 12.8 Å². The zero-order chi connectivity index (χ0) is 10.1. The molecular weight excluding hydrogens is 191 g/mol. The second-order valence-electron chi connectivity index (χ2n) is 3.16. The minimum atomic E-state index is -3.15. The third kappa shape index (κ3) is 3.14. The molecule has 1 aromatic rings. The van der Waals surface area contributed by atoms with Crippen molar-refractivity contribution in [1.82, 2.24) is 0 Å². The van der Waals surface area contributed by atoms with E-state index >= 15 is 0 Å². The van der Waals surface area contributed by atoms with E-state index in [4.69, 9.17) is 0 Å². The highest BCUT2D eigenvalue weighted by atomic mass is 32.2. The summed E-state index contributed by atoms with van der Waals surface area (Å²) in [7, 11) is -3.15. The number of benzene rings is 1. The van der Waals surface area contributed by atoms with Crippen LogP contribution < -0.4 is 0 Å². The van der Waals surface area contributed by atoms with Crippen LogP contribution in [0, 0.1) is 12.7 Å². The fourth-order valence-electron chi connectivity index (χ4n) is 1.05. The summed E-state index contributed by atoms with van der Waals surface area (Å²) in [4.78, 5) is 0. The number of sulfone groups is 1. The van der Waals surface area contributed by atoms with Crippen molar-refractivity contribution in [3.63, 3.8) is 0 Å². The number of hydrogen-bond acceptors (Lipinski definition) is 2. The molecule has 13 heavy (non-hydrogen) atoms. The Balaban J connectivity index is 3.04. The summed E-state index contributed by atoms with van der Waals surface area (Å²) >= 11 is 0. The molecule has 0 bridgehead atoms. The standard InChI is InChI=1S/C9H11FO2S/c1-7-3-4-8(9(10)5-7)6-13(2,11)12/h3-5H,6H2,1-2H3. The van der Waals surface area contributed by atoms with Gasteiger partial charge in [0.2, 0.25) is 0 Å². The van der Waals surface area contributed by atoms with Gasteiger partial charge in [-0.1, -0.05) is 12.1 Å². The van der Waals surface area contributed by atoms with Crippen LogP contribution in [-0.2, 0) is 15.6 Å². The number of aryl methyl sites for hydroxylation is 1. The van der Waals surface area contributed by atoms with Gasteiger partial charge < -0.3 is 0 Å². The van der Waals surface area contributed by atoms with Gasteiger partial charge in [0.1, 0.15) is 5.82 Å². The van der Waals surface area contributed by atoms with Gasteiger partial charge in [0.05, 0.1) is 5.75 Å². The molecule has 0 unspecified atom stereocenters. The Hall–Kier alpha value is -0.900. The predicted molar refractivity (Wildman–Crippen MR) is 49.7 cm³/mol. The van der Waals surface area contributed by atoms with E-state index in [1.807, 2.05) is 0 Å². The zero-order valence-electron chi connectivity index (χ0n) is 7.54. The third-order valence-electron chi connectivity index (χ3n) is 1.63. The summed E-state index contributed by atoms with van der Waals surface area (Å²) < 4.78 is 34.9. The van der Waals surface area contributed by atoms with Crippen molar-refractivity contribution >= 4 is 9.84 Å². The molecule has 0 saturated heterocycles. The lowest BCUT2D eigenvalue weighted by molar-refractivity contribution is 0.591. The van der Waals surface area contributed by atoms with Gasteiger partial charge >= 0.3 is 0 Å². The molecule has 0 N–H and O–H groups in total. The maximum Gasteiger partial charge on any atom is 0.151 e. The molecule has 0 fully saturated rings. The lowest BCUT2D eigenvalue weighted by Gasteiger charge is -2.01. The minimum Gasteiger partial charge on any atom is -0.229 e. The fourth-order valence-corrected chi connectivity index (χ4v) is 1.85. The molecule has 0 saturated carbocycles. The van der Waals surface area contributed by atoms with E-state index in [0.29, 0.717) is 0 Å². The van der Waals surface area contributed by atoms with Crippen molar-refractivity contribution in [2.75, 3.05) is 6.26 Å². The fraction of sp³-hybridized carbons (Fsp3) is 0.333. The second-order valence-corrected chi connectivity index (χ2v) is 5.31. The van der Waals surface area contributed by atoms with Crippen LogP contribution in [0.1, 0.15) is 11.1 Å². The Labute approximate surface area is 77.3 Å². The summed E-state index contributed by atoms with van der Waals surface area (Å²) in [5.74, 6) is -0.690. The molecule has 2 nitrogen and oxygen atoms in total. The first-order valence-electron chi connectivity index (χ1n) is 3.81. The van der Waals surface area contributed by atoms with Crippen LogP contribution in [0.2, 0.25) is 0 Å². The normalized spacial score (nSPS) is 11.6. The van der Waals surface area contributed by atoms with Crippen molar-refractivity contribution in [2.45, 2.75) is 12.7 Å². The molecule has 0 radical (unpaired) electrons. The molecule has 1 rings (SSSR count). The highest BCUT2D eigenvalue weighted by molar-refractivity contribution is 7.89. The van der Waals surface area contributed by atoms with E-state index in [1.165, 1.54) is 12.1 Å². The maximum absolute atomic E-state index is 13.1. The van der Waals surface area contributed by atoms with Gasteiger partial charge in [-0.05, 0) is 18.6 Å². The van der Waals surface area contributed by atoms with Crippen LogP contribution in [0.3, 0.4) is 0 Å². The monoisotopic (exact) mass is 202 g/mol. The smallest absolute Gasteiger partial charge is 0.151 e. The molecule has 4 heteroatoms. The van der Waals surface area contributed by atoms with E-state index in [0.717, 1.165) is 11.8 Å².